The second kappa shape index (κ2) is 8.41. The van der Waals surface area contributed by atoms with Gasteiger partial charge in [-0.25, -0.2) is 0 Å². The Labute approximate surface area is 139 Å². The van der Waals surface area contributed by atoms with E-state index in [1.165, 1.54) is 4.90 Å². The largest absolute Gasteiger partial charge is 0.297 e. The summed E-state index contributed by atoms with van der Waals surface area (Å²) in [5, 5.41) is 0. The SMILES string of the molecule is C=CCC(CCN1C(=O)CC(C)C1=O)N1CCN(CC=C)CC1. The van der Waals surface area contributed by atoms with Crippen LogP contribution in [0.1, 0.15) is 26.2 Å². The highest BCUT2D eigenvalue weighted by Crippen LogP contribution is 2.21. The number of nitrogens with zero attached hydrogens (tertiary/aromatic N) is 3. The third-order valence-electron chi connectivity index (χ3n) is 4.90. The van der Waals surface area contributed by atoms with Gasteiger partial charge in [0.05, 0.1) is 0 Å². The van der Waals surface area contributed by atoms with Gasteiger partial charge in [-0.15, -0.1) is 13.2 Å². The zero-order valence-electron chi connectivity index (χ0n) is 14.2. The molecule has 0 aromatic heterocycles. The van der Waals surface area contributed by atoms with Crippen molar-refractivity contribution in [3.63, 3.8) is 0 Å². The van der Waals surface area contributed by atoms with Crippen LogP contribution in [0.25, 0.3) is 0 Å². The van der Waals surface area contributed by atoms with Crippen molar-refractivity contribution < 1.29 is 9.59 Å². The molecule has 0 N–H and O–H groups in total. The maximum atomic E-state index is 12.0. The van der Waals surface area contributed by atoms with Crippen LogP contribution >= 0.6 is 0 Å². The number of amides is 2. The van der Waals surface area contributed by atoms with Crippen LogP contribution < -0.4 is 0 Å². The zero-order chi connectivity index (χ0) is 16.8. The highest BCUT2D eigenvalue weighted by molar-refractivity contribution is 6.03. The van der Waals surface area contributed by atoms with Crippen LogP contribution in [0, 0.1) is 5.92 Å². The fourth-order valence-corrected chi connectivity index (χ4v) is 3.50. The smallest absolute Gasteiger partial charge is 0.232 e. The van der Waals surface area contributed by atoms with Crippen LogP contribution in [0.15, 0.2) is 25.3 Å². The second-order valence-corrected chi connectivity index (χ2v) is 6.58. The third-order valence-corrected chi connectivity index (χ3v) is 4.90. The minimum Gasteiger partial charge on any atom is -0.297 e. The Morgan fingerprint density at radius 2 is 1.87 bits per heavy atom. The highest BCUT2D eigenvalue weighted by atomic mass is 16.2. The van der Waals surface area contributed by atoms with Crippen molar-refractivity contribution in [2.75, 3.05) is 39.3 Å². The molecule has 0 aromatic rings. The lowest BCUT2D eigenvalue weighted by Gasteiger charge is -2.39. The van der Waals surface area contributed by atoms with Crippen molar-refractivity contribution in [1.29, 1.82) is 0 Å². The zero-order valence-corrected chi connectivity index (χ0v) is 14.2. The fraction of sp³-hybridized carbons (Fsp3) is 0.667. The summed E-state index contributed by atoms with van der Waals surface area (Å²) in [6.07, 6.45) is 5.98. The van der Waals surface area contributed by atoms with Crippen LogP contribution in [0.3, 0.4) is 0 Å². The molecule has 0 spiro atoms. The molecule has 2 heterocycles. The van der Waals surface area contributed by atoms with Gasteiger partial charge in [-0.2, -0.15) is 0 Å². The second-order valence-electron chi connectivity index (χ2n) is 6.58. The average molecular weight is 319 g/mol. The number of imide groups is 1. The maximum Gasteiger partial charge on any atom is 0.232 e. The summed E-state index contributed by atoms with van der Waals surface area (Å²) in [4.78, 5) is 30.3. The summed E-state index contributed by atoms with van der Waals surface area (Å²) < 4.78 is 0. The van der Waals surface area contributed by atoms with Crippen LogP contribution in [0.4, 0.5) is 0 Å². The molecule has 0 aromatic carbocycles. The van der Waals surface area contributed by atoms with Gasteiger partial charge in [0.1, 0.15) is 0 Å². The highest BCUT2D eigenvalue weighted by Gasteiger charge is 2.35. The van der Waals surface area contributed by atoms with Gasteiger partial charge in [0.15, 0.2) is 0 Å². The van der Waals surface area contributed by atoms with Crippen molar-refractivity contribution in [3.05, 3.63) is 25.3 Å². The van der Waals surface area contributed by atoms with Crippen molar-refractivity contribution in [2.45, 2.75) is 32.2 Å². The van der Waals surface area contributed by atoms with Gasteiger partial charge in [0, 0.05) is 57.6 Å². The molecule has 5 heteroatoms. The van der Waals surface area contributed by atoms with E-state index < -0.39 is 0 Å². The molecule has 2 saturated heterocycles. The summed E-state index contributed by atoms with van der Waals surface area (Å²) in [6, 6.07) is 0.356. The first-order valence-corrected chi connectivity index (χ1v) is 8.59. The molecular formula is C18H29N3O2. The number of likely N-dealkylation sites (tertiary alicyclic amines) is 1. The Bertz CT molecular complexity index is 455. The van der Waals surface area contributed by atoms with Crippen molar-refractivity contribution >= 4 is 11.8 Å². The van der Waals surface area contributed by atoms with Gasteiger partial charge < -0.3 is 0 Å². The van der Waals surface area contributed by atoms with E-state index >= 15 is 0 Å². The molecule has 2 rings (SSSR count). The molecule has 0 bridgehead atoms. The molecule has 23 heavy (non-hydrogen) atoms. The predicted octanol–water partition coefficient (Wildman–Crippen LogP) is 1.52. The number of hydrogen-bond acceptors (Lipinski definition) is 4. The normalized spacial score (nSPS) is 24.9. The van der Waals surface area contributed by atoms with Gasteiger partial charge >= 0.3 is 0 Å². The molecule has 2 aliphatic rings. The Morgan fingerprint density at radius 1 is 1.17 bits per heavy atom. The average Bonchev–Trinajstić information content (AvgIpc) is 2.78. The summed E-state index contributed by atoms with van der Waals surface area (Å²) in [6.45, 7) is 15.1. The van der Waals surface area contributed by atoms with Crippen molar-refractivity contribution in [1.82, 2.24) is 14.7 Å². The molecule has 5 nitrogen and oxygen atoms in total. The van der Waals surface area contributed by atoms with Crippen LogP contribution in [0.5, 0.6) is 0 Å². The Hall–Kier alpha value is -1.46. The monoisotopic (exact) mass is 319 g/mol. The summed E-state index contributed by atoms with van der Waals surface area (Å²) in [7, 11) is 0. The molecule has 2 aliphatic heterocycles. The molecule has 2 fully saturated rings. The van der Waals surface area contributed by atoms with E-state index in [0.29, 0.717) is 19.0 Å². The van der Waals surface area contributed by atoms with Gasteiger partial charge in [0.2, 0.25) is 11.8 Å². The molecule has 2 unspecified atom stereocenters. The van der Waals surface area contributed by atoms with E-state index in [0.717, 1.165) is 45.6 Å². The van der Waals surface area contributed by atoms with E-state index in [1.807, 2.05) is 19.1 Å². The van der Waals surface area contributed by atoms with E-state index in [2.05, 4.69) is 23.0 Å². The first-order valence-electron chi connectivity index (χ1n) is 8.59. The maximum absolute atomic E-state index is 12.0. The first kappa shape index (κ1) is 17.9. The molecule has 0 saturated carbocycles. The Morgan fingerprint density at radius 3 is 2.39 bits per heavy atom. The van der Waals surface area contributed by atoms with Crippen molar-refractivity contribution in [2.24, 2.45) is 5.92 Å². The number of carbonyl (C=O) groups excluding carboxylic acids is 2. The van der Waals surface area contributed by atoms with Crippen LogP contribution in [0.2, 0.25) is 0 Å². The molecule has 2 amide bonds. The van der Waals surface area contributed by atoms with E-state index in [9.17, 15) is 9.59 Å². The molecule has 128 valence electrons. The fourth-order valence-electron chi connectivity index (χ4n) is 3.50. The standard InChI is InChI=1S/C18H29N3O2/c1-4-6-16(20-12-10-19(8-5-2)11-13-20)7-9-21-17(22)14-15(3)18(21)23/h4-5,15-16H,1-2,6-14H2,3H3. The van der Waals surface area contributed by atoms with E-state index in [1.54, 1.807) is 0 Å². The Kier molecular flexibility index (Phi) is 6.54. The third kappa shape index (κ3) is 4.52. The van der Waals surface area contributed by atoms with Gasteiger partial charge in [-0.05, 0) is 12.8 Å². The lowest BCUT2D eigenvalue weighted by Crippen LogP contribution is -2.51. The summed E-state index contributed by atoms with van der Waals surface area (Å²) in [5.74, 6) is -0.179. The van der Waals surface area contributed by atoms with Crippen LogP contribution in [-0.4, -0.2) is 71.8 Å². The Balaban J connectivity index is 1.87. The first-order chi connectivity index (χ1) is 11.1. The summed E-state index contributed by atoms with van der Waals surface area (Å²) >= 11 is 0. The topological polar surface area (TPSA) is 43.9 Å². The lowest BCUT2D eigenvalue weighted by molar-refractivity contribution is -0.139. The minimum absolute atomic E-state index is 0.0110. The van der Waals surface area contributed by atoms with E-state index in [-0.39, 0.29) is 17.7 Å². The van der Waals surface area contributed by atoms with Crippen molar-refractivity contribution in [3.8, 4) is 0 Å². The molecule has 2 atom stereocenters. The summed E-state index contributed by atoms with van der Waals surface area (Å²) in [5.41, 5.74) is 0. The number of rotatable bonds is 8. The van der Waals surface area contributed by atoms with Gasteiger partial charge in [-0.1, -0.05) is 19.1 Å². The number of hydrogen-bond donors (Lipinski definition) is 0. The van der Waals surface area contributed by atoms with Gasteiger partial charge in [0.25, 0.3) is 0 Å². The lowest BCUT2D eigenvalue weighted by atomic mass is 10.1. The van der Waals surface area contributed by atoms with E-state index in [4.69, 9.17) is 0 Å². The number of carbonyl (C=O) groups is 2. The minimum atomic E-state index is -0.150. The van der Waals surface area contributed by atoms with Gasteiger partial charge in [-0.3, -0.25) is 24.3 Å². The molecular weight excluding hydrogens is 290 g/mol. The number of piperazine rings is 1. The predicted molar refractivity (Wildman–Crippen MR) is 91.9 cm³/mol. The molecule has 0 aliphatic carbocycles. The quantitative estimate of drug-likeness (QED) is 0.503. The molecule has 0 radical (unpaired) electrons. The van der Waals surface area contributed by atoms with Crippen LogP contribution in [-0.2, 0) is 9.59 Å².